The summed E-state index contributed by atoms with van der Waals surface area (Å²) in [6.07, 6.45) is 6.46. The number of anilines is 2. The Labute approximate surface area is 109 Å². The quantitative estimate of drug-likeness (QED) is 0.887. The maximum Gasteiger partial charge on any atom is 0.136 e. The first-order chi connectivity index (χ1) is 8.86. The zero-order valence-corrected chi connectivity index (χ0v) is 11.2. The number of aromatic nitrogens is 2. The van der Waals surface area contributed by atoms with Crippen LogP contribution in [0.25, 0.3) is 0 Å². The highest BCUT2D eigenvalue weighted by molar-refractivity contribution is 5.50. The van der Waals surface area contributed by atoms with Crippen molar-refractivity contribution in [2.75, 3.05) is 29.9 Å². The SMILES string of the molecule is CCNc1cc(N2CCCCC2)nc(C2CC2)n1. The van der Waals surface area contributed by atoms with E-state index in [-0.39, 0.29) is 0 Å². The third-order valence-corrected chi connectivity index (χ3v) is 3.71. The van der Waals surface area contributed by atoms with E-state index in [0.717, 1.165) is 37.1 Å². The summed E-state index contributed by atoms with van der Waals surface area (Å²) in [6, 6.07) is 2.11. The van der Waals surface area contributed by atoms with Crippen LogP contribution in [-0.2, 0) is 0 Å². The summed E-state index contributed by atoms with van der Waals surface area (Å²) in [6.45, 7) is 5.32. The van der Waals surface area contributed by atoms with E-state index in [4.69, 9.17) is 4.98 Å². The Kier molecular flexibility index (Phi) is 3.35. The molecule has 0 radical (unpaired) electrons. The van der Waals surface area contributed by atoms with Crippen LogP contribution in [0.4, 0.5) is 11.6 Å². The van der Waals surface area contributed by atoms with Crippen LogP contribution in [-0.4, -0.2) is 29.6 Å². The molecule has 0 atom stereocenters. The van der Waals surface area contributed by atoms with Gasteiger partial charge >= 0.3 is 0 Å². The van der Waals surface area contributed by atoms with Crippen molar-refractivity contribution in [2.45, 2.75) is 44.9 Å². The Morgan fingerprint density at radius 2 is 2.00 bits per heavy atom. The van der Waals surface area contributed by atoms with Crippen molar-refractivity contribution in [3.05, 3.63) is 11.9 Å². The summed E-state index contributed by atoms with van der Waals surface area (Å²) >= 11 is 0. The van der Waals surface area contributed by atoms with E-state index >= 15 is 0 Å². The molecular formula is C14H22N4. The van der Waals surface area contributed by atoms with Crippen LogP contribution in [0.5, 0.6) is 0 Å². The van der Waals surface area contributed by atoms with Gasteiger partial charge in [0.05, 0.1) is 0 Å². The molecule has 3 rings (SSSR count). The minimum absolute atomic E-state index is 0.618. The van der Waals surface area contributed by atoms with Crippen molar-refractivity contribution < 1.29 is 0 Å². The molecule has 1 saturated carbocycles. The highest BCUT2D eigenvalue weighted by Crippen LogP contribution is 2.39. The summed E-state index contributed by atoms with van der Waals surface area (Å²) in [4.78, 5) is 11.8. The van der Waals surface area contributed by atoms with E-state index in [0.29, 0.717) is 5.92 Å². The lowest BCUT2D eigenvalue weighted by atomic mass is 10.1. The maximum atomic E-state index is 4.78. The molecule has 0 amide bonds. The zero-order chi connectivity index (χ0) is 12.4. The monoisotopic (exact) mass is 246 g/mol. The van der Waals surface area contributed by atoms with E-state index in [1.807, 2.05) is 0 Å². The Hall–Kier alpha value is -1.32. The second kappa shape index (κ2) is 5.12. The molecule has 0 bridgehead atoms. The van der Waals surface area contributed by atoms with Crippen LogP contribution in [0.1, 0.15) is 50.8 Å². The summed E-state index contributed by atoms with van der Waals surface area (Å²) in [5, 5.41) is 3.33. The molecule has 0 aromatic carbocycles. The number of piperidine rings is 1. The molecule has 98 valence electrons. The first-order valence-corrected chi connectivity index (χ1v) is 7.24. The van der Waals surface area contributed by atoms with Crippen LogP contribution in [0.3, 0.4) is 0 Å². The molecule has 4 nitrogen and oxygen atoms in total. The second-order valence-electron chi connectivity index (χ2n) is 5.32. The van der Waals surface area contributed by atoms with E-state index in [1.54, 1.807) is 0 Å². The van der Waals surface area contributed by atoms with Crippen molar-refractivity contribution in [1.82, 2.24) is 9.97 Å². The zero-order valence-electron chi connectivity index (χ0n) is 11.2. The van der Waals surface area contributed by atoms with Gasteiger partial charge < -0.3 is 10.2 Å². The standard InChI is InChI=1S/C14H22N4/c1-2-15-12-10-13(18-8-4-3-5-9-18)17-14(16-12)11-6-7-11/h10-11H,2-9H2,1H3,(H,15,16,17). The van der Waals surface area contributed by atoms with Gasteiger partial charge in [0.2, 0.25) is 0 Å². The Balaban J connectivity index is 1.86. The van der Waals surface area contributed by atoms with Gasteiger partial charge in [0, 0.05) is 31.6 Å². The number of nitrogens with one attached hydrogen (secondary N) is 1. The molecule has 1 N–H and O–H groups in total. The normalized spacial score (nSPS) is 19.9. The smallest absolute Gasteiger partial charge is 0.136 e. The van der Waals surface area contributed by atoms with Crippen LogP contribution in [0.2, 0.25) is 0 Å². The van der Waals surface area contributed by atoms with Gasteiger partial charge in [0.25, 0.3) is 0 Å². The lowest BCUT2D eigenvalue weighted by Gasteiger charge is -2.28. The van der Waals surface area contributed by atoms with Crippen molar-refractivity contribution in [3.63, 3.8) is 0 Å². The predicted octanol–water partition coefficient (Wildman–Crippen LogP) is 2.78. The molecule has 1 aliphatic carbocycles. The summed E-state index contributed by atoms with van der Waals surface area (Å²) < 4.78 is 0. The average molecular weight is 246 g/mol. The molecule has 18 heavy (non-hydrogen) atoms. The second-order valence-corrected chi connectivity index (χ2v) is 5.32. The molecule has 0 spiro atoms. The summed E-state index contributed by atoms with van der Waals surface area (Å²) in [5.74, 6) is 3.79. The molecule has 2 fully saturated rings. The fraction of sp³-hybridized carbons (Fsp3) is 0.714. The molecule has 1 aliphatic heterocycles. The largest absolute Gasteiger partial charge is 0.370 e. The van der Waals surface area contributed by atoms with Crippen molar-refractivity contribution in [1.29, 1.82) is 0 Å². The molecule has 0 unspecified atom stereocenters. The van der Waals surface area contributed by atoms with E-state index < -0.39 is 0 Å². The Morgan fingerprint density at radius 1 is 1.22 bits per heavy atom. The van der Waals surface area contributed by atoms with Crippen LogP contribution < -0.4 is 10.2 Å². The fourth-order valence-electron chi connectivity index (χ4n) is 2.53. The van der Waals surface area contributed by atoms with Crippen LogP contribution >= 0.6 is 0 Å². The van der Waals surface area contributed by atoms with Gasteiger partial charge in [-0.3, -0.25) is 0 Å². The van der Waals surface area contributed by atoms with E-state index in [1.165, 1.54) is 32.1 Å². The molecular weight excluding hydrogens is 224 g/mol. The number of nitrogens with zero attached hydrogens (tertiary/aromatic N) is 3. The minimum atomic E-state index is 0.618. The van der Waals surface area contributed by atoms with Gasteiger partial charge in [-0.05, 0) is 39.0 Å². The average Bonchev–Trinajstić information content (AvgIpc) is 3.24. The molecule has 2 aliphatic rings. The van der Waals surface area contributed by atoms with Gasteiger partial charge in [0.15, 0.2) is 0 Å². The molecule has 4 heteroatoms. The molecule has 1 aromatic heterocycles. The third kappa shape index (κ3) is 2.57. The third-order valence-electron chi connectivity index (χ3n) is 3.71. The predicted molar refractivity (Wildman–Crippen MR) is 74.2 cm³/mol. The molecule has 1 aromatic rings. The Morgan fingerprint density at radius 3 is 2.67 bits per heavy atom. The first-order valence-electron chi connectivity index (χ1n) is 7.24. The number of hydrogen-bond donors (Lipinski definition) is 1. The van der Waals surface area contributed by atoms with Crippen molar-refractivity contribution in [3.8, 4) is 0 Å². The lowest BCUT2D eigenvalue weighted by molar-refractivity contribution is 0.572. The Bertz CT molecular complexity index is 408. The number of rotatable bonds is 4. The van der Waals surface area contributed by atoms with E-state index in [2.05, 4.69) is 28.2 Å². The van der Waals surface area contributed by atoms with Gasteiger partial charge in [0.1, 0.15) is 17.5 Å². The van der Waals surface area contributed by atoms with Gasteiger partial charge in [-0.2, -0.15) is 0 Å². The highest BCUT2D eigenvalue weighted by atomic mass is 15.2. The van der Waals surface area contributed by atoms with E-state index in [9.17, 15) is 0 Å². The van der Waals surface area contributed by atoms with Crippen LogP contribution in [0, 0.1) is 0 Å². The first kappa shape index (κ1) is 11.8. The summed E-state index contributed by atoms with van der Waals surface area (Å²) in [5.41, 5.74) is 0. The van der Waals surface area contributed by atoms with Crippen LogP contribution in [0.15, 0.2) is 6.07 Å². The van der Waals surface area contributed by atoms with Gasteiger partial charge in [-0.25, -0.2) is 9.97 Å². The van der Waals surface area contributed by atoms with Crippen molar-refractivity contribution in [2.24, 2.45) is 0 Å². The molecule has 2 heterocycles. The lowest BCUT2D eigenvalue weighted by Crippen LogP contribution is -2.30. The molecule has 1 saturated heterocycles. The maximum absolute atomic E-state index is 4.78. The number of hydrogen-bond acceptors (Lipinski definition) is 4. The van der Waals surface area contributed by atoms with Crippen molar-refractivity contribution >= 4 is 11.6 Å². The topological polar surface area (TPSA) is 41.0 Å². The summed E-state index contributed by atoms with van der Waals surface area (Å²) in [7, 11) is 0. The fourth-order valence-corrected chi connectivity index (χ4v) is 2.53. The minimum Gasteiger partial charge on any atom is -0.370 e. The van der Waals surface area contributed by atoms with Gasteiger partial charge in [-0.15, -0.1) is 0 Å². The highest BCUT2D eigenvalue weighted by Gasteiger charge is 2.28. The van der Waals surface area contributed by atoms with Gasteiger partial charge in [-0.1, -0.05) is 0 Å².